The summed E-state index contributed by atoms with van der Waals surface area (Å²) >= 11 is 17.8. The fraction of sp³-hybridized carbons (Fsp3) is 0.154. The van der Waals surface area contributed by atoms with Gasteiger partial charge in [-0.25, -0.2) is 15.3 Å². The van der Waals surface area contributed by atoms with Crippen LogP contribution in [-0.4, -0.2) is 33.8 Å². The fourth-order valence-electron chi connectivity index (χ4n) is 1.65. The number of aromatic amines is 2. The number of H-pyrrole nitrogens is 2. The van der Waals surface area contributed by atoms with Crippen molar-refractivity contribution in [1.82, 2.24) is 20.6 Å². The topological polar surface area (TPSA) is 132 Å². The van der Waals surface area contributed by atoms with Crippen LogP contribution < -0.4 is 22.0 Å². The quantitative estimate of drug-likeness (QED) is 0.327. The molecule has 0 aliphatic carbocycles. The SMILES string of the molecule is O=C(CCNc1n[nH]c(=O)[nH]c1=O)N/N=C/c1c(Cl)ccc(Cl)c1Cl. The Labute approximate surface area is 155 Å². The molecular weight excluding hydrogens is 395 g/mol. The molecule has 132 valence electrons. The van der Waals surface area contributed by atoms with Crippen molar-refractivity contribution in [3.63, 3.8) is 0 Å². The first-order valence-corrected chi connectivity index (χ1v) is 7.90. The Balaban J connectivity index is 1.86. The summed E-state index contributed by atoms with van der Waals surface area (Å²) < 4.78 is 0. The van der Waals surface area contributed by atoms with Crippen LogP contribution in [0.15, 0.2) is 26.8 Å². The second kappa shape index (κ2) is 8.65. The van der Waals surface area contributed by atoms with Crippen molar-refractivity contribution in [2.24, 2.45) is 5.10 Å². The maximum absolute atomic E-state index is 11.7. The van der Waals surface area contributed by atoms with Crippen LogP contribution in [0.2, 0.25) is 15.1 Å². The van der Waals surface area contributed by atoms with Crippen LogP contribution in [0, 0.1) is 0 Å². The molecule has 12 heteroatoms. The number of carbonyl (C=O) groups is 1. The number of aromatic nitrogens is 3. The molecule has 0 bridgehead atoms. The van der Waals surface area contributed by atoms with Gasteiger partial charge in [-0.3, -0.25) is 14.6 Å². The van der Waals surface area contributed by atoms with E-state index < -0.39 is 17.2 Å². The van der Waals surface area contributed by atoms with Gasteiger partial charge in [-0.2, -0.15) is 5.10 Å². The van der Waals surface area contributed by atoms with Gasteiger partial charge in [0.15, 0.2) is 0 Å². The number of hydrogen-bond donors (Lipinski definition) is 4. The highest BCUT2D eigenvalue weighted by Crippen LogP contribution is 2.29. The minimum Gasteiger partial charge on any atom is -0.364 e. The average Bonchev–Trinajstić information content (AvgIpc) is 2.56. The van der Waals surface area contributed by atoms with Crippen molar-refractivity contribution in [1.29, 1.82) is 0 Å². The molecule has 0 fully saturated rings. The van der Waals surface area contributed by atoms with Crippen LogP contribution in [0.4, 0.5) is 5.82 Å². The molecule has 25 heavy (non-hydrogen) atoms. The van der Waals surface area contributed by atoms with E-state index in [0.29, 0.717) is 15.6 Å². The maximum atomic E-state index is 11.7. The van der Waals surface area contributed by atoms with Crippen LogP contribution in [0.3, 0.4) is 0 Å². The molecule has 1 aromatic heterocycles. The number of benzene rings is 1. The summed E-state index contributed by atoms with van der Waals surface area (Å²) in [6.07, 6.45) is 1.27. The van der Waals surface area contributed by atoms with Gasteiger partial charge in [0, 0.05) is 18.5 Å². The highest BCUT2D eigenvalue weighted by atomic mass is 35.5. The Kier molecular flexibility index (Phi) is 6.57. The van der Waals surface area contributed by atoms with Gasteiger partial charge < -0.3 is 5.32 Å². The summed E-state index contributed by atoms with van der Waals surface area (Å²) in [6, 6.07) is 3.10. The maximum Gasteiger partial charge on any atom is 0.342 e. The van der Waals surface area contributed by atoms with Crippen LogP contribution in [0.25, 0.3) is 0 Å². The number of hydrogen-bond acceptors (Lipinski definition) is 6. The second-order valence-corrected chi connectivity index (χ2v) is 5.77. The first-order chi connectivity index (χ1) is 11.9. The predicted octanol–water partition coefficient (Wildman–Crippen LogP) is 1.37. The van der Waals surface area contributed by atoms with Crippen LogP contribution in [-0.2, 0) is 4.79 Å². The average molecular weight is 406 g/mol. The zero-order valence-corrected chi connectivity index (χ0v) is 14.7. The highest BCUT2D eigenvalue weighted by Gasteiger charge is 2.08. The van der Waals surface area contributed by atoms with Crippen molar-refractivity contribution in [2.45, 2.75) is 6.42 Å². The lowest BCUT2D eigenvalue weighted by Gasteiger charge is -2.04. The number of rotatable bonds is 6. The van der Waals surface area contributed by atoms with Crippen LogP contribution in [0.1, 0.15) is 12.0 Å². The minimum atomic E-state index is -0.721. The number of nitrogens with one attached hydrogen (secondary N) is 4. The van der Waals surface area contributed by atoms with Crippen LogP contribution >= 0.6 is 34.8 Å². The molecule has 1 amide bonds. The Morgan fingerprint density at radius 2 is 1.96 bits per heavy atom. The zero-order valence-electron chi connectivity index (χ0n) is 12.4. The molecule has 0 unspecified atom stereocenters. The second-order valence-electron chi connectivity index (χ2n) is 4.58. The van der Waals surface area contributed by atoms with E-state index in [4.69, 9.17) is 34.8 Å². The van der Waals surface area contributed by atoms with Gasteiger partial charge in [-0.05, 0) is 12.1 Å². The summed E-state index contributed by atoms with van der Waals surface area (Å²) in [5.41, 5.74) is 1.25. The van der Waals surface area contributed by atoms with Gasteiger partial charge in [0.1, 0.15) is 0 Å². The standard InChI is InChI=1S/C13H11Cl3N6O3/c14-7-1-2-8(15)10(16)6(7)5-18-20-9(23)3-4-17-11-12(24)19-13(25)22-21-11/h1-2,5H,3-4H2,(H,17,21)(H,20,23)(H2,19,22,24,25)/b18-5+. The lowest BCUT2D eigenvalue weighted by Crippen LogP contribution is -2.28. The van der Waals surface area contributed by atoms with Crippen molar-refractivity contribution >= 4 is 52.7 Å². The normalized spacial score (nSPS) is 10.8. The first kappa shape index (κ1) is 19.0. The fourth-order valence-corrected chi connectivity index (χ4v) is 2.28. The summed E-state index contributed by atoms with van der Waals surface area (Å²) in [5.74, 6) is -0.535. The molecule has 0 aliphatic rings. The molecule has 1 aromatic carbocycles. The summed E-state index contributed by atoms with van der Waals surface area (Å²) in [5, 5.41) is 12.8. The van der Waals surface area contributed by atoms with Gasteiger partial charge in [0.05, 0.1) is 21.3 Å². The molecule has 0 atom stereocenters. The number of carbonyl (C=O) groups excluding carboxylic acids is 1. The number of hydrazone groups is 1. The summed E-state index contributed by atoms with van der Waals surface area (Å²) in [7, 11) is 0. The Bertz CT molecular complexity index is 924. The third kappa shape index (κ3) is 5.31. The Morgan fingerprint density at radius 3 is 2.68 bits per heavy atom. The lowest BCUT2D eigenvalue weighted by atomic mass is 10.2. The summed E-state index contributed by atoms with van der Waals surface area (Å²) in [6.45, 7) is 0.0994. The largest absolute Gasteiger partial charge is 0.364 e. The number of halogens is 3. The van der Waals surface area contributed by atoms with E-state index in [0.717, 1.165) is 0 Å². The molecule has 0 aliphatic heterocycles. The molecular formula is C13H11Cl3N6O3. The predicted molar refractivity (Wildman–Crippen MR) is 95.8 cm³/mol. The molecule has 2 aromatic rings. The molecule has 2 rings (SSSR count). The van der Waals surface area contributed by atoms with Gasteiger partial charge >= 0.3 is 5.69 Å². The van der Waals surface area contributed by atoms with E-state index in [2.05, 4.69) is 26.0 Å². The number of nitrogens with zero attached hydrogens (tertiary/aromatic N) is 2. The van der Waals surface area contributed by atoms with Gasteiger partial charge in [0.25, 0.3) is 5.56 Å². The smallest absolute Gasteiger partial charge is 0.342 e. The van der Waals surface area contributed by atoms with Gasteiger partial charge in [0.2, 0.25) is 11.7 Å². The van der Waals surface area contributed by atoms with Crippen molar-refractivity contribution < 1.29 is 4.79 Å². The molecule has 0 spiro atoms. The molecule has 0 radical (unpaired) electrons. The van der Waals surface area contributed by atoms with Gasteiger partial charge in [-0.1, -0.05) is 34.8 Å². The Morgan fingerprint density at radius 1 is 1.24 bits per heavy atom. The molecule has 4 N–H and O–H groups in total. The Hall–Kier alpha value is -2.36. The molecule has 1 heterocycles. The molecule has 0 saturated heterocycles. The first-order valence-electron chi connectivity index (χ1n) is 6.76. The van der Waals surface area contributed by atoms with E-state index in [1.807, 2.05) is 4.98 Å². The van der Waals surface area contributed by atoms with Crippen molar-refractivity contribution in [2.75, 3.05) is 11.9 Å². The van der Waals surface area contributed by atoms with Crippen LogP contribution in [0.5, 0.6) is 0 Å². The third-order valence-electron chi connectivity index (χ3n) is 2.82. The van der Waals surface area contributed by atoms with E-state index in [1.54, 1.807) is 12.1 Å². The molecule has 9 nitrogen and oxygen atoms in total. The monoisotopic (exact) mass is 404 g/mol. The van der Waals surface area contributed by atoms with E-state index in [1.165, 1.54) is 6.21 Å². The zero-order chi connectivity index (χ0) is 18.4. The van der Waals surface area contributed by atoms with E-state index >= 15 is 0 Å². The van der Waals surface area contributed by atoms with Crippen molar-refractivity contribution in [3.8, 4) is 0 Å². The van der Waals surface area contributed by atoms with E-state index in [-0.39, 0.29) is 23.8 Å². The summed E-state index contributed by atoms with van der Waals surface area (Å²) in [4.78, 5) is 35.9. The molecule has 0 saturated carbocycles. The minimum absolute atomic E-state index is 0.00536. The third-order valence-corrected chi connectivity index (χ3v) is 3.97. The lowest BCUT2D eigenvalue weighted by molar-refractivity contribution is -0.120. The number of anilines is 1. The van der Waals surface area contributed by atoms with E-state index in [9.17, 15) is 14.4 Å². The highest BCUT2D eigenvalue weighted by molar-refractivity contribution is 6.45. The number of amides is 1. The van der Waals surface area contributed by atoms with Gasteiger partial charge in [-0.15, -0.1) is 5.10 Å². The van der Waals surface area contributed by atoms with Crippen molar-refractivity contribution in [3.05, 3.63) is 53.6 Å².